The molecule has 0 amide bonds. The summed E-state index contributed by atoms with van der Waals surface area (Å²) in [5.41, 5.74) is 0.881. The molecule has 0 aliphatic carbocycles. The lowest BCUT2D eigenvalue weighted by molar-refractivity contribution is -0.136. The van der Waals surface area contributed by atoms with Crippen molar-refractivity contribution in [2.24, 2.45) is 0 Å². The standard InChI is InChI=1S/C21H15F3N2O/c22-21(23,24)17-11-6-10-16-19(17)25-26(13-14-7-2-1-3-8-14)20(16)15-9-4-5-12-18(15)27/h1-12,27H,13H2. The summed E-state index contributed by atoms with van der Waals surface area (Å²) in [5.74, 6) is -0.00831. The van der Waals surface area contributed by atoms with Crippen LogP contribution >= 0.6 is 0 Å². The lowest BCUT2D eigenvalue weighted by Crippen LogP contribution is -2.06. The molecule has 0 atom stereocenters. The monoisotopic (exact) mass is 368 g/mol. The van der Waals surface area contributed by atoms with Gasteiger partial charge in [-0.15, -0.1) is 0 Å². The lowest BCUT2D eigenvalue weighted by Gasteiger charge is -2.10. The fourth-order valence-corrected chi connectivity index (χ4v) is 3.21. The summed E-state index contributed by atoms with van der Waals surface area (Å²) in [6, 6.07) is 19.9. The van der Waals surface area contributed by atoms with E-state index in [4.69, 9.17) is 0 Å². The van der Waals surface area contributed by atoms with Crippen LogP contribution in [0.15, 0.2) is 72.8 Å². The van der Waals surface area contributed by atoms with Gasteiger partial charge in [-0.05, 0) is 23.8 Å². The zero-order valence-corrected chi connectivity index (χ0v) is 14.1. The highest BCUT2D eigenvalue weighted by atomic mass is 19.4. The van der Waals surface area contributed by atoms with Crippen molar-refractivity contribution in [1.82, 2.24) is 9.78 Å². The third-order valence-corrected chi connectivity index (χ3v) is 4.41. The summed E-state index contributed by atoms with van der Waals surface area (Å²) < 4.78 is 41.9. The van der Waals surface area contributed by atoms with E-state index in [9.17, 15) is 18.3 Å². The molecule has 6 heteroatoms. The van der Waals surface area contributed by atoms with E-state index in [2.05, 4.69) is 5.10 Å². The molecule has 4 rings (SSSR count). The molecule has 0 saturated heterocycles. The minimum absolute atomic E-state index is 0.00831. The Labute approximate surface area is 153 Å². The van der Waals surface area contributed by atoms with Crippen LogP contribution in [0.5, 0.6) is 5.75 Å². The molecule has 27 heavy (non-hydrogen) atoms. The van der Waals surface area contributed by atoms with Gasteiger partial charge in [0.15, 0.2) is 0 Å². The maximum absolute atomic E-state index is 13.5. The molecule has 1 N–H and O–H groups in total. The van der Waals surface area contributed by atoms with Gasteiger partial charge in [0.05, 0.1) is 17.8 Å². The molecule has 3 aromatic carbocycles. The summed E-state index contributed by atoms with van der Waals surface area (Å²) in [7, 11) is 0. The van der Waals surface area contributed by atoms with Crippen LogP contribution in [0.1, 0.15) is 11.1 Å². The smallest absolute Gasteiger partial charge is 0.418 e. The number of para-hydroxylation sites is 1. The number of benzene rings is 3. The van der Waals surface area contributed by atoms with Crippen LogP contribution < -0.4 is 0 Å². The van der Waals surface area contributed by atoms with E-state index in [1.165, 1.54) is 16.8 Å². The molecule has 136 valence electrons. The second kappa shape index (κ2) is 6.46. The highest BCUT2D eigenvalue weighted by molar-refractivity contribution is 5.96. The van der Waals surface area contributed by atoms with Crippen molar-refractivity contribution in [3.8, 4) is 17.0 Å². The van der Waals surface area contributed by atoms with E-state index >= 15 is 0 Å². The van der Waals surface area contributed by atoms with E-state index in [1.54, 1.807) is 24.3 Å². The third kappa shape index (κ3) is 3.14. The Bertz CT molecular complexity index is 1100. The summed E-state index contributed by atoms with van der Waals surface area (Å²) in [6.07, 6.45) is -4.51. The highest BCUT2D eigenvalue weighted by Gasteiger charge is 2.34. The van der Waals surface area contributed by atoms with Gasteiger partial charge in [0, 0.05) is 10.9 Å². The zero-order chi connectivity index (χ0) is 19.0. The Morgan fingerprint density at radius 3 is 2.26 bits per heavy atom. The van der Waals surface area contributed by atoms with Gasteiger partial charge in [-0.2, -0.15) is 18.3 Å². The van der Waals surface area contributed by atoms with E-state index in [-0.39, 0.29) is 17.8 Å². The number of aromatic hydroxyl groups is 1. The molecular formula is C21H15F3N2O. The molecule has 0 unspecified atom stereocenters. The number of fused-ring (bicyclic) bond motifs is 1. The maximum Gasteiger partial charge on any atom is 0.418 e. The van der Waals surface area contributed by atoms with Gasteiger partial charge in [-0.25, -0.2) is 0 Å². The predicted octanol–water partition coefficient (Wildman–Crippen LogP) is 5.48. The molecule has 3 nitrogen and oxygen atoms in total. The Balaban J connectivity index is 2.01. The van der Waals surface area contributed by atoms with Gasteiger partial charge < -0.3 is 5.11 Å². The van der Waals surface area contributed by atoms with Crippen LogP contribution in [0.4, 0.5) is 13.2 Å². The largest absolute Gasteiger partial charge is 0.507 e. The molecule has 0 aliphatic rings. The van der Waals surface area contributed by atoms with Gasteiger partial charge in [0.2, 0.25) is 0 Å². The maximum atomic E-state index is 13.5. The number of alkyl halides is 3. The fraction of sp³-hybridized carbons (Fsp3) is 0.0952. The topological polar surface area (TPSA) is 38.1 Å². The van der Waals surface area contributed by atoms with Crippen molar-refractivity contribution >= 4 is 10.9 Å². The van der Waals surface area contributed by atoms with Crippen LogP contribution in [0.25, 0.3) is 22.2 Å². The first-order valence-corrected chi connectivity index (χ1v) is 8.34. The third-order valence-electron chi connectivity index (χ3n) is 4.41. The Morgan fingerprint density at radius 1 is 0.852 bits per heavy atom. The normalized spacial score (nSPS) is 11.8. The SMILES string of the molecule is Oc1ccccc1-c1c2cccc(C(F)(F)F)c2nn1Cc1ccccc1. The van der Waals surface area contributed by atoms with Crippen LogP contribution in [0, 0.1) is 0 Å². The first-order valence-electron chi connectivity index (χ1n) is 8.34. The van der Waals surface area contributed by atoms with E-state index in [0.717, 1.165) is 11.6 Å². The average molecular weight is 368 g/mol. The molecule has 1 aromatic heterocycles. The number of rotatable bonds is 3. The van der Waals surface area contributed by atoms with Crippen molar-refractivity contribution < 1.29 is 18.3 Å². The van der Waals surface area contributed by atoms with Crippen molar-refractivity contribution in [3.05, 3.63) is 83.9 Å². The van der Waals surface area contributed by atoms with E-state index in [1.807, 2.05) is 30.3 Å². The number of phenolic OH excluding ortho intramolecular Hbond substituents is 1. The molecule has 0 saturated carbocycles. The molecule has 0 aliphatic heterocycles. The predicted molar refractivity (Wildman–Crippen MR) is 97.4 cm³/mol. The first kappa shape index (κ1) is 17.1. The number of halogens is 3. The summed E-state index contributed by atoms with van der Waals surface area (Å²) in [6.45, 7) is 0.288. The van der Waals surface area contributed by atoms with Crippen molar-refractivity contribution in [2.45, 2.75) is 12.7 Å². The molecule has 0 radical (unpaired) electrons. The summed E-state index contributed by atoms with van der Waals surface area (Å²) >= 11 is 0. The zero-order valence-electron chi connectivity index (χ0n) is 14.1. The van der Waals surface area contributed by atoms with Crippen LogP contribution in [-0.4, -0.2) is 14.9 Å². The van der Waals surface area contributed by atoms with Gasteiger partial charge in [0.25, 0.3) is 0 Å². The van der Waals surface area contributed by atoms with Crippen LogP contribution in [0.2, 0.25) is 0 Å². The molecule has 1 heterocycles. The van der Waals surface area contributed by atoms with Gasteiger partial charge >= 0.3 is 6.18 Å². The van der Waals surface area contributed by atoms with Crippen LogP contribution in [0.3, 0.4) is 0 Å². The van der Waals surface area contributed by atoms with Gasteiger partial charge in [-0.3, -0.25) is 4.68 Å². The Kier molecular flexibility index (Phi) is 4.11. The molecule has 0 spiro atoms. The van der Waals surface area contributed by atoms with Crippen molar-refractivity contribution in [3.63, 3.8) is 0 Å². The van der Waals surface area contributed by atoms with E-state index in [0.29, 0.717) is 16.6 Å². The minimum Gasteiger partial charge on any atom is -0.507 e. The molecule has 0 fully saturated rings. The molecule has 4 aromatic rings. The van der Waals surface area contributed by atoms with Crippen molar-refractivity contribution in [2.75, 3.05) is 0 Å². The fourth-order valence-electron chi connectivity index (χ4n) is 3.21. The number of aromatic nitrogens is 2. The van der Waals surface area contributed by atoms with Gasteiger partial charge in [0.1, 0.15) is 11.3 Å². The Morgan fingerprint density at radius 2 is 1.56 bits per heavy atom. The molecule has 0 bridgehead atoms. The quantitative estimate of drug-likeness (QED) is 0.520. The number of nitrogens with zero attached hydrogens (tertiary/aromatic N) is 2. The van der Waals surface area contributed by atoms with Crippen LogP contribution in [-0.2, 0) is 12.7 Å². The number of phenols is 1. The second-order valence-electron chi connectivity index (χ2n) is 6.21. The number of hydrogen-bond donors (Lipinski definition) is 1. The average Bonchev–Trinajstić information content (AvgIpc) is 3.00. The highest BCUT2D eigenvalue weighted by Crippen LogP contribution is 2.40. The first-order chi connectivity index (χ1) is 12.9. The molecular weight excluding hydrogens is 353 g/mol. The summed E-state index contributed by atoms with van der Waals surface area (Å²) in [4.78, 5) is 0. The summed E-state index contributed by atoms with van der Waals surface area (Å²) in [5, 5.41) is 14.9. The lowest BCUT2D eigenvalue weighted by atomic mass is 10.0. The minimum atomic E-state index is -4.51. The van der Waals surface area contributed by atoms with E-state index < -0.39 is 11.7 Å². The van der Waals surface area contributed by atoms with Gasteiger partial charge in [-0.1, -0.05) is 54.6 Å². The number of hydrogen-bond acceptors (Lipinski definition) is 2. The van der Waals surface area contributed by atoms with Crippen molar-refractivity contribution in [1.29, 1.82) is 0 Å². The Hall–Kier alpha value is -3.28. The second-order valence-corrected chi connectivity index (χ2v) is 6.21.